The summed E-state index contributed by atoms with van der Waals surface area (Å²) < 4.78 is 10.1. The highest BCUT2D eigenvalue weighted by molar-refractivity contribution is 5.91. The lowest BCUT2D eigenvalue weighted by molar-refractivity contribution is -0.152. The van der Waals surface area contributed by atoms with Crippen LogP contribution in [0.15, 0.2) is 0 Å². The molecule has 1 aliphatic heterocycles. The zero-order valence-electron chi connectivity index (χ0n) is 11.9. The fourth-order valence-electron chi connectivity index (χ4n) is 1.82. The smallest absolute Gasteiger partial charge is 0.411 e. The van der Waals surface area contributed by atoms with Gasteiger partial charge in [-0.05, 0) is 27.7 Å². The topological polar surface area (TPSA) is 72.9 Å². The van der Waals surface area contributed by atoms with E-state index < -0.39 is 23.7 Å². The molecule has 1 fully saturated rings. The van der Waals surface area contributed by atoms with Gasteiger partial charge in [-0.15, -0.1) is 0 Å². The Morgan fingerprint density at radius 1 is 1.37 bits per heavy atom. The minimum absolute atomic E-state index is 0.00191. The Morgan fingerprint density at radius 3 is 2.53 bits per heavy atom. The van der Waals surface area contributed by atoms with Gasteiger partial charge < -0.3 is 9.47 Å². The van der Waals surface area contributed by atoms with Gasteiger partial charge in [0.25, 0.3) is 0 Å². The summed E-state index contributed by atoms with van der Waals surface area (Å²) in [5.74, 6) is -0.598. The van der Waals surface area contributed by atoms with E-state index in [0.717, 1.165) is 0 Å². The van der Waals surface area contributed by atoms with Gasteiger partial charge in [0.05, 0.1) is 6.61 Å². The molecule has 0 aliphatic carbocycles. The average molecular weight is 271 g/mol. The second kappa shape index (κ2) is 6.04. The van der Waals surface area contributed by atoms with Gasteiger partial charge in [0, 0.05) is 19.4 Å². The Morgan fingerprint density at radius 2 is 2.00 bits per heavy atom. The lowest BCUT2D eigenvalue weighted by atomic mass is 10.0. The fraction of sp³-hybridized carbons (Fsp3) is 0.769. The second-order valence-corrected chi connectivity index (χ2v) is 5.43. The van der Waals surface area contributed by atoms with Gasteiger partial charge in [0.2, 0.25) is 0 Å². The summed E-state index contributed by atoms with van der Waals surface area (Å²) in [4.78, 5) is 36.6. The molecule has 1 aliphatic rings. The maximum absolute atomic E-state index is 12.0. The summed E-state index contributed by atoms with van der Waals surface area (Å²) in [6.45, 7) is 7.33. The maximum Gasteiger partial charge on any atom is 0.411 e. The van der Waals surface area contributed by atoms with Crippen molar-refractivity contribution in [2.45, 2.75) is 52.2 Å². The SMILES string of the molecule is CCOC(=O)[C@@H]1CC(=O)CCN1C(=O)OC(C)(C)C. The molecule has 19 heavy (non-hydrogen) atoms. The normalized spacial score (nSPS) is 20.1. The first-order valence-corrected chi connectivity index (χ1v) is 6.42. The van der Waals surface area contributed by atoms with E-state index in [4.69, 9.17) is 9.47 Å². The number of amides is 1. The summed E-state index contributed by atoms with van der Waals surface area (Å²) in [7, 11) is 0. The van der Waals surface area contributed by atoms with Crippen LogP contribution in [0.1, 0.15) is 40.5 Å². The standard InChI is InChI=1S/C13H21NO5/c1-5-18-11(16)10-8-9(15)6-7-14(10)12(17)19-13(2,3)4/h10H,5-8H2,1-4H3/t10-/m0/s1. The minimum atomic E-state index is -0.865. The number of carbonyl (C=O) groups is 3. The molecule has 0 aromatic rings. The molecular formula is C13H21NO5. The zero-order chi connectivity index (χ0) is 14.6. The van der Waals surface area contributed by atoms with Crippen LogP contribution in [-0.4, -0.2) is 47.5 Å². The number of esters is 1. The van der Waals surface area contributed by atoms with Crippen molar-refractivity contribution in [3.8, 4) is 0 Å². The third-order valence-electron chi connectivity index (χ3n) is 2.62. The Labute approximate surface area is 113 Å². The predicted octanol–water partition coefficient (Wildman–Crippen LogP) is 1.52. The third-order valence-corrected chi connectivity index (χ3v) is 2.62. The van der Waals surface area contributed by atoms with Crippen LogP contribution in [0.4, 0.5) is 4.79 Å². The van der Waals surface area contributed by atoms with Gasteiger partial charge in [-0.25, -0.2) is 9.59 Å². The van der Waals surface area contributed by atoms with Gasteiger partial charge in [-0.2, -0.15) is 0 Å². The Hall–Kier alpha value is -1.59. The molecule has 108 valence electrons. The lowest BCUT2D eigenvalue weighted by Gasteiger charge is -2.34. The predicted molar refractivity (Wildman–Crippen MR) is 67.6 cm³/mol. The molecule has 0 aromatic heterocycles. The Kier molecular flexibility index (Phi) is 4.91. The van der Waals surface area contributed by atoms with E-state index in [9.17, 15) is 14.4 Å². The summed E-state index contributed by atoms with van der Waals surface area (Å²) in [6.07, 6.45) is -0.342. The van der Waals surface area contributed by atoms with Crippen molar-refractivity contribution in [2.24, 2.45) is 0 Å². The van der Waals surface area contributed by atoms with Crippen molar-refractivity contribution in [3.05, 3.63) is 0 Å². The molecule has 1 atom stereocenters. The quantitative estimate of drug-likeness (QED) is 0.712. The van der Waals surface area contributed by atoms with Crippen molar-refractivity contribution >= 4 is 17.8 Å². The molecule has 1 rings (SSSR count). The van der Waals surface area contributed by atoms with Crippen LogP contribution in [0.5, 0.6) is 0 Å². The van der Waals surface area contributed by atoms with Gasteiger partial charge in [0.1, 0.15) is 17.4 Å². The number of Topliss-reactive ketones (excluding diaryl/α,β-unsaturated/α-hetero) is 1. The molecule has 0 saturated carbocycles. The number of rotatable bonds is 2. The van der Waals surface area contributed by atoms with E-state index in [1.165, 1.54) is 4.90 Å². The molecule has 6 nitrogen and oxygen atoms in total. The Balaban J connectivity index is 2.80. The summed E-state index contributed by atoms with van der Waals surface area (Å²) >= 11 is 0. The number of ether oxygens (including phenoxy) is 2. The monoisotopic (exact) mass is 271 g/mol. The number of hydrogen-bond donors (Lipinski definition) is 0. The van der Waals surface area contributed by atoms with E-state index in [1.807, 2.05) is 0 Å². The zero-order valence-corrected chi connectivity index (χ0v) is 11.9. The average Bonchev–Trinajstić information content (AvgIpc) is 2.26. The van der Waals surface area contributed by atoms with Gasteiger partial charge in [-0.1, -0.05) is 0 Å². The van der Waals surface area contributed by atoms with Crippen LogP contribution in [-0.2, 0) is 19.1 Å². The number of carbonyl (C=O) groups excluding carboxylic acids is 3. The first-order chi connectivity index (χ1) is 8.74. The molecular weight excluding hydrogens is 250 g/mol. The first kappa shape index (κ1) is 15.5. The molecule has 0 N–H and O–H groups in total. The number of likely N-dealkylation sites (tertiary alicyclic amines) is 1. The van der Waals surface area contributed by atoms with Crippen LogP contribution in [0, 0.1) is 0 Å². The van der Waals surface area contributed by atoms with Gasteiger partial charge >= 0.3 is 12.1 Å². The van der Waals surface area contributed by atoms with Gasteiger partial charge in [0.15, 0.2) is 0 Å². The number of piperidine rings is 1. The minimum Gasteiger partial charge on any atom is -0.464 e. The van der Waals surface area contributed by atoms with Gasteiger partial charge in [-0.3, -0.25) is 9.69 Å². The second-order valence-electron chi connectivity index (χ2n) is 5.43. The van der Waals surface area contributed by atoms with E-state index in [0.29, 0.717) is 0 Å². The van der Waals surface area contributed by atoms with Crippen LogP contribution < -0.4 is 0 Å². The van der Waals surface area contributed by atoms with E-state index in [-0.39, 0.29) is 31.8 Å². The Bertz CT molecular complexity index is 372. The van der Waals surface area contributed by atoms with Crippen molar-refractivity contribution < 1.29 is 23.9 Å². The molecule has 0 unspecified atom stereocenters. The van der Waals surface area contributed by atoms with Crippen molar-refractivity contribution in [3.63, 3.8) is 0 Å². The molecule has 1 saturated heterocycles. The number of ketones is 1. The summed E-state index contributed by atoms with van der Waals surface area (Å²) in [6, 6.07) is -0.865. The number of hydrogen-bond acceptors (Lipinski definition) is 5. The number of nitrogens with zero attached hydrogens (tertiary/aromatic N) is 1. The maximum atomic E-state index is 12.0. The van der Waals surface area contributed by atoms with Crippen molar-refractivity contribution in [2.75, 3.05) is 13.2 Å². The molecule has 0 radical (unpaired) electrons. The largest absolute Gasteiger partial charge is 0.464 e. The van der Waals surface area contributed by atoms with Crippen LogP contribution in [0.2, 0.25) is 0 Å². The van der Waals surface area contributed by atoms with Crippen LogP contribution in [0.25, 0.3) is 0 Å². The molecule has 6 heteroatoms. The van der Waals surface area contributed by atoms with Crippen molar-refractivity contribution in [1.82, 2.24) is 4.90 Å². The van der Waals surface area contributed by atoms with E-state index >= 15 is 0 Å². The van der Waals surface area contributed by atoms with Crippen LogP contribution in [0.3, 0.4) is 0 Å². The third kappa shape index (κ3) is 4.54. The molecule has 0 spiro atoms. The molecule has 0 aromatic carbocycles. The first-order valence-electron chi connectivity index (χ1n) is 6.42. The highest BCUT2D eigenvalue weighted by Gasteiger charge is 2.38. The molecule has 0 bridgehead atoms. The van der Waals surface area contributed by atoms with Crippen molar-refractivity contribution in [1.29, 1.82) is 0 Å². The lowest BCUT2D eigenvalue weighted by Crippen LogP contribution is -2.52. The highest BCUT2D eigenvalue weighted by atomic mass is 16.6. The van der Waals surface area contributed by atoms with E-state index in [2.05, 4.69) is 0 Å². The molecule has 1 heterocycles. The molecule has 1 amide bonds. The summed E-state index contributed by atoms with van der Waals surface area (Å²) in [5, 5.41) is 0. The highest BCUT2D eigenvalue weighted by Crippen LogP contribution is 2.19. The summed E-state index contributed by atoms with van der Waals surface area (Å²) in [5.41, 5.74) is -0.641. The fourth-order valence-corrected chi connectivity index (χ4v) is 1.82. The van der Waals surface area contributed by atoms with E-state index in [1.54, 1.807) is 27.7 Å². The van der Waals surface area contributed by atoms with Crippen LogP contribution >= 0.6 is 0 Å².